The number of rotatable bonds is 5. The highest BCUT2D eigenvalue weighted by molar-refractivity contribution is 7.18. The van der Waals surface area contributed by atoms with Gasteiger partial charge in [0.05, 0.1) is 21.8 Å². The van der Waals surface area contributed by atoms with Crippen molar-refractivity contribution in [2.45, 2.75) is 13.8 Å². The molecule has 0 atom stereocenters. The van der Waals surface area contributed by atoms with Gasteiger partial charge in [-0.25, -0.2) is 9.07 Å². The molecule has 0 unspecified atom stereocenters. The average Bonchev–Trinajstić information content (AvgIpc) is 3.43. The van der Waals surface area contributed by atoms with Crippen molar-refractivity contribution in [2.24, 2.45) is 0 Å². The van der Waals surface area contributed by atoms with Crippen molar-refractivity contribution >= 4 is 33.8 Å². The van der Waals surface area contributed by atoms with Gasteiger partial charge in [0.2, 0.25) is 0 Å². The fourth-order valence-electron chi connectivity index (χ4n) is 2.93. The SMILES string of the molecule is Cc1cc(C)n(-c2ccc(NC(=O)c3ccc(NC(=O)c4ccco4)s3)cc2F)n1. The van der Waals surface area contributed by atoms with E-state index in [4.69, 9.17) is 4.42 Å². The van der Waals surface area contributed by atoms with Gasteiger partial charge in [-0.1, -0.05) is 0 Å². The number of halogens is 1. The molecular formula is C21H17FN4O3S. The Labute approximate surface area is 175 Å². The smallest absolute Gasteiger partial charge is 0.291 e. The van der Waals surface area contributed by atoms with Crippen LogP contribution in [0.5, 0.6) is 0 Å². The molecule has 7 nitrogen and oxygen atoms in total. The maximum Gasteiger partial charge on any atom is 0.291 e. The zero-order valence-electron chi connectivity index (χ0n) is 16.1. The number of aromatic nitrogens is 2. The number of thiophene rings is 1. The van der Waals surface area contributed by atoms with Crippen molar-refractivity contribution in [1.29, 1.82) is 0 Å². The van der Waals surface area contributed by atoms with Crippen molar-refractivity contribution in [3.05, 3.63) is 82.6 Å². The van der Waals surface area contributed by atoms with Crippen LogP contribution < -0.4 is 10.6 Å². The van der Waals surface area contributed by atoms with Gasteiger partial charge in [0.1, 0.15) is 5.69 Å². The van der Waals surface area contributed by atoms with Crippen LogP contribution in [0.3, 0.4) is 0 Å². The molecule has 0 aliphatic carbocycles. The number of benzene rings is 1. The lowest BCUT2D eigenvalue weighted by Crippen LogP contribution is -2.11. The number of carbonyl (C=O) groups is 2. The molecule has 9 heteroatoms. The van der Waals surface area contributed by atoms with Crippen LogP contribution in [0, 0.1) is 19.7 Å². The lowest BCUT2D eigenvalue weighted by molar-refractivity contribution is 0.0995. The van der Waals surface area contributed by atoms with Crippen LogP contribution in [0.2, 0.25) is 0 Å². The van der Waals surface area contributed by atoms with E-state index in [0.717, 1.165) is 22.7 Å². The van der Waals surface area contributed by atoms with E-state index in [9.17, 15) is 14.0 Å². The number of carbonyl (C=O) groups excluding carboxylic acids is 2. The maximum atomic E-state index is 14.6. The summed E-state index contributed by atoms with van der Waals surface area (Å²) in [6.45, 7) is 3.68. The van der Waals surface area contributed by atoms with Crippen molar-refractivity contribution < 1.29 is 18.4 Å². The molecule has 0 fully saturated rings. The van der Waals surface area contributed by atoms with Gasteiger partial charge in [0.15, 0.2) is 11.6 Å². The van der Waals surface area contributed by atoms with Crippen molar-refractivity contribution in [1.82, 2.24) is 9.78 Å². The predicted octanol–water partition coefficient (Wildman–Crippen LogP) is 4.79. The topological polar surface area (TPSA) is 89.2 Å². The fraction of sp³-hybridized carbons (Fsp3) is 0.0952. The van der Waals surface area contributed by atoms with E-state index < -0.39 is 17.6 Å². The Hall–Kier alpha value is -3.72. The van der Waals surface area contributed by atoms with Gasteiger partial charge in [-0.05, 0) is 62.4 Å². The molecule has 3 aromatic heterocycles. The normalized spacial score (nSPS) is 10.8. The number of hydrogen-bond donors (Lipinski definition) is 2. The van der Waals surface area contributed by atoms with Crippen LogP contribution in [0.25, 0.3) is 5.69 Å². The fourth-order valence-corrected chi connectivity index (χ4v) is 3.73. The Morgan fingerprint density at radius 1 is 1.07 bits per heavy atom. The molecule has 0 bridgehead atoms. The maximum absolute atomic E-state index is 14.6. The quantitative estimate of drug-likeness (QED) is 0.482. The molecule has 2 amide bonds. The van der Waals surface area contributed by atoms with Crippen molar-refractivity contribution in [2.75, 3.05) is 10.6 Å². The number of aryl methyl sites for hydroxylation is 2. The van der Waals surface area contributed by atoms with Gasteiger partial charge >= 0.3 is 0 Å². The molecule has 0 saturated heterocycles. The average molecular weight is 424 g/mol. The molecule has 0 saturated carbocycles. The van der Waals surface area contributed by atoms with Crippen LogP contribution in [0.4, 0.5) is 15.1 Å². The summed E-state index contributed by atoms with van der Waals surface area (Å²) >= 11 is 1.10. The number of amides is 2. The van der Waals surface area contributed by atoms with Crippen molar-refractivity contribution in [3.8, 4) is 5.69 Å². The highest BCUT2D eigenvalue weighted by Gasteiger charge is 2.15. The standard InChI is InChI=1S/C21H17FN4O3S/c1-12-10-13(2)26(25-12)16-6-5-14(11-15(16)22)23-21(28)18-7-8-19(30-18)24-20(27)17-4-3-9-29-17/h3-11H,1-2H3,(H,23,28)(H,24,27). The van der Waals surface area contributed by atoms with E-state index in [0.29, 0.717) is 21.3 Å². The predicted molar refractivity (Wildman–Crippen MR) is 112 cm³/mol. The molecule has 3 heterocycles. The third-order valence-corrected chi connectivity index (χ3v) is 5.25. The first-order valence-corrected chi connectivity index (χ1v) is 9.81. The van der Waals surface area contributed by atoms with E-state index in [-0.39, 0.29) is 5.76 Å². The first kappa shape index (κ1) is 19.6. The van der Waals surface area contributed by atoms with Gasteiger partial charge in [0.25, 0.3) is 11.8 Å². The third-order valence-electron chi connectivity index (χ3n) is 4.25. The second-order valence-electron chi connectivity index (χ2n) is 6.55. The number of nitrogens with one attached hydrogen (secondary N) is 2. The largest absolute Gasteiger partial charge is 0.459 e. The monoisotopic (exact) mass is 424 g/mol. The minimum Gasteiger partial charge on any atom is -0.459 e. The summed E-state index contributed by atoms with van der Waals surface area (Å²) in [6.07, 6.45) is 1.40. The molecule has 4 aromatic rings. The molecule has 4 rings (SSSR count). The zero-order valence-corrected chi connectivity index (χ0v) is 16.9. The number of nitrogens with zero attached hydrogens (tertiary/aromatic N) is 2. The Morgan fingerprint density at radius 3 is 2.57 bits per heavy atom. The number of hydrogen-bond acceptors (Lipinski definition) is 5. The van der Waals surface area contributed by atoms with Crippen LogP contribution in [-0.2, 0) is 0 Å². The molecular weight excluding hydrogens is 407 g/mol. The molecule has 2 N–H and O–H groups in total. The highest BCUT2D eigenvalue weighted by atomic mass is 32.1. The Kier molecular flexibility index (Phi) is 5.20. The number of furan rings is 1. The van der Waals surface area contributed by atoms with Crippen LogP contribution >= 0.6 is 11.3 Å². The summed E-state index contributed by atoms with van der Waals surface area (Å²) in [5.74, 6) is -1.14. The summed E-state index contributed by atoms with van der Waals surface area (Å²) in [6, 6.07) is 12.6. The molecule has 152 valence electrons. The lowest BCUT2D eigenvalue weighted by atomic mass is 10.2. The Morgan fingerprint density at radius 2 is 1.90 bits per heavy atom. The van der Waals surface area contributed by atoms with Gasteiger partial charge in [-0.15, -0.1) is 11.3 Å². The van der Waals surface area contributed by atoms with Gasteiger partial charge < -0.3 is 15.1 Å². The Bertz CT molecular complexity index is 1230. The minimum absolute atomic E-state index is 0.174. The second kappa shape index (κ2) is 7.96. The number of anilines is 2. The van der Waals surface area contributed by atoms with Crippen LogP contribution in [0.15, 0.2) is 59.2 Å². The second-order valence-corrected chi connectivity index (χ2v) is 7.64. The highest BCUT2D eigenvalue weighted by Crippen LogP contribution is 2.25. The van der Waals surface area contributed by atoms with Gasteiger partial charge in [-0.2, -0.15) is 5.10 Å². The van der Waals surface area contributed by atoms with Crippen LogP contribution in [0.1, 0.15) is 31.6 Å². The first-order valence-electron chi connectivity index (χ1n) is 9.00. The molecule has 30 heavy (non-hydrogen) atoms. The summed E-state index contributed by atoms with van der Waals surface area (Å²) in [4.78, 5) is 24.9. The summed E-state index contributed by atoms with van der Waals surface area (Å²) in [7, 11) is 0. The first-order chi connectivity index (χ1) is 14.4. The lowest BCUT2D eigenvalue weighted by Gasteiger charge is -2.09. The van der Waals surface area contributed by atoms with Crippen molar-refractivity contribution in [3.63, 3.8) is 0 Å². The van der Waals surface area contributed by atoms with Gasteiger partial charge in [0, 0.05) is 11.4 Å². The van der Waals surface area contributed by atoms with E-state index in [2.05, 4.69) is 15.7 Å². The summed E-state index contributed by atoms with van der Waals surface area (Å²) < 4.78 is 21.1. The van der Waals surface area contributed by atoms with E-state index in [1.165, 1.54) is 17.0 Å². The molecule has 0 aliphatic rings. The molecule has 0 spiro atoms. The molecule has 1 aromatic carbocycles. The van der Waals surface area contributed by atoms with E-state index in [1.807, 2.05) is 19.9 Å². The Balaban J connectivity index is 1.45. The minimum atomic E-state index is -0.503. The van der Waals surface area contributed by atoms with Crippen LogP contribution in [-0.4, -0.2) is 21.6 Å². The summed E-state index contributed by atoms with van der Waals surface area (Å²) in [5.41, 5.74) is 2.22. The molecule has 0 aliphatic heterocycles. The van der Waals surface area contributed by atoms with E-state index >= 15 is 0 Å². The van der Waals surface area contributed by atoms with E-state index in [1.54, 1.807) is 36.4 Å². The molecule has 0 radical (unpaired) electrons. The zero-order chi connectivity index (χ0) is 21.3. The third kappa shape index (κ3) is 4.01. The van der Waals surface area contributed by atoms with Gasteiger partial charge in [-0.3, -0.25) is 9.59 Å². The summed E-state index contributed by atoms with van der Waals surface area (Å²) in [5, 5.41) is 10.1.